The molecule has 3 heterocycles. The van der Waals surface area contributed by atoms with E-state index in [1.807, 2.05) is 26.0 Å². The normalized spacial score (nSPS) is 15.9. The Hall–Kier alpha value is -3.56. The van der Waals surface area contributed by atoms with E-state index in [9.17, 15) is 9.18 Å². The molecule has 8 nitrogen and oxygen atoms in total. The SMILES string of the molecule is CCN1CCN(CCc2ccc(NC(C)c3c(/C=C(\C)c4cnc(OC)nc4)c(F)c[nH]c3=O)cc2)CC1. The topological polar surface area (TPSA) is 86.4 Å². The molecule has 0 saturated carbocycles. The molecule has 1 aromatic carbocycles. The lowest BCUT2D eigenvalue weighted by Gasteiger charge is -2.34. The fourth-order valence-corrected chi connectivity index (χ4v) is 4.74. The second-order valence-electron chi connectivity index (χ2n) is 9.67. The molecule has 0 amide bonds. The number of ether oxygens (including phenoxy) is 1. The molecule has 1 aliphatic rings. The Balaban J connectivity index is 1.44. The summed E-state index contributed by atoms with van der Waals surface area (Å²) in [6.45, 7) is 12.6. The predicted molar refractivity (Wildman–Crippen MR) is 150 cm³/mol. The van der Waals surface area contributed by atoms with E-state index in [1.54, 1.807) is 18.5 Å². The molecule has 3 aromatic rings. The molecule has 1 unspecified atom stereocenters. The Bertz CT molecular complexity index is 1280. The molecule has 4 rings (SSSR count). The third-order valence-corrected chi connectivity index (χ3v) is 7.15. The molecule has 9 heteroatoms. The van der Waals surface area contributed by atoms with Crippen molar-refractivity contribution in [2.45, 2.75) is 33.2 Å². The van der Waals surface area contributed by atoms with Gasteiger partial charge in [-0.3, -0.25) is 4.79 Å². The molecule has 0 spiro atoms. The number of hydrogen-bond acceptors (Lipinski definition) is 7. The van der Waals surface area contributed by atoms with Crippen LogP contribution in [-0.2, 0) is 6.42 Å². The first-order valence-electron chi connectivity index (χ1n) is 13.1. The number of nitrogens with zero attached hydrogens (tertiary/aromatic N) is 4. The number of halogens is 1. The number of methoxy groups -OCH3 is 1. The summed E-state index contributed by atoms with van der Waals surface area (Å²) in [7, 11) is 1.49. The quantitative estimate of drug-likeness (QED) is 0.414. The van der Waals surface area contributed by atoms with Crippen molar-refractivity contribution in [2.24, 2.45) is 0 Å². The van der Waals surface area contributed by atoms with Gasteiger partial charge in [0.1, 0.15) is 5.82 Å². The molecule has 1 fully saturated rings. The van der Waals surface area contributed by atoms with E-state index in [-0.39, 0.29) is 17.1 Å². The Kier molecular flexibility index (Phi) is 9.25. The number of piperazine rings is 1. The molecule has 0 aliphatic carbocycles. The summed E-state index contributed by atoms with van der Waals surface area (Å²) in [4.78, 5) is 28.6. The number of anilines is 1. The number of benzene rings is 1. The zero-order valence-electron chi connectivity index (χ0n) is 22.6. The first-order valence-corrected chi connectivity index (χ1v) is 13.1. The van der Waals surface area contributed by atoms with Crippen LogP contribution >= 0.6 is 0 Å². The molecular weight excluding hydrogens is 483 g/mol. The molecule has 1 atom stereocenters. The lowest BCUT2D eigenvalue weighted by Crippen LogP contribution is -2.46. The molecular formula is C29H37FN6O2. The van der Waals surface area contributed by atoms with Crippen LogP contribution in [0, 0.1) is 5.82 Å². The molecule has 1 aliphatic heterocycles. The van der Waals surface area contributed by atoms with Crippen molar-refractivity contribution < 1.29 is 9.13 Å². The monoisotopic (exact) mass is 520 g/mol. The van der Waals surface area contributed by atoms with Gasteiger partial charge in [-0.05, 0) is 56.2 Å². The van der Waals surface area contributed by atoms with Gasteiger partial charge < -0.3 is 24.8 Å². The lowest BCUT2D eigenvalue weighted by atomic mass is 9.99. The second-order valence-corrected chi connectivity index (χ2v) is 9.67. The van der Waals surface area contributed by atoms with Crippen LogP contribution in [0.15, 0.2) is 47.7 Å². The van der Waals surface area contributed by atoms with Crippen molar-refractivity contribution in [3.8, 4) is 6.01 Å². The van der Waals surface area contributed by atoms with E-state index in [1.165, 1.54) is 12.7 Å². The predicted octanol–water partition coefficient (Wildman–Crippen LogP) is 4.23. The van der Waals surface area contributed by atoms with Gasteiger partial charge in [0.2, 0.25) is 0 Å². The minimum atomic E-state index is -0.503. The largest absolute Gasteiger partial charge is 0.467 e. The summed E-state index contributed by atoms with van der Waals surface area (Å²) in [6.07, 6.45) is 6.97. The van der Waals surface area contributed by atoms with Gasteiger partial charge in [0.25, 0.3) is 5.56 Å². The van der Waals surface area contributed by atoms with E-state index in [2.05, 4.69) is 49.1 Å². The number of aromatic amines is 1. The van der Waals surface area contributed by atoms with Crippen molar-refractivity contribution in [3.05, 3.63) is 81.3 Å². The van der Waals surface area contributed by atoms with Crippen LogP contribution in [0.5, 0.6) is 6.01 Å². The Morgan fingerprint density at radius 1 is 1.16 bits per heavy atom. The second kappa shape index (κ2) is 12.8. The van der Waals surface area contributed by atoms with Gasteiger partial charge in [-0.15, -0.1) is 0 Å². The van der Waals surface area contributed by atoms with Gasteiger partial charge in [-0.2, -0.15) is 0 Å². The Morgan fingerprint density at radius 2 is 1.82 bits per heavy atom. The average molecular weight is 521 g/mol. The average Bonchev–Trinajstić information content (AvgIpc) is 2.95. The van der Waals surface area contributed by atoms with Crippen molar-refractivity contribution in [1.29, 1.82) is 0 Å². The first-order chi connectivity index (χ1) is 18.4. The fourth-order valence-electron chi connectivity index (χ4n) is 4.74. The third-order valence-electron chi connectivity index (χ3n) is 7.15. The molecule has 2 aromatic heterocycles. The van der Waals surface area contributed by atoms with E-state index in [0.717, 1.165) is 63.1 Å². The highest BCUT2D eigenvalue weighted by molar-refractivity contribution is 5.80. The number of nitrogens with one attached hydrogen (secondary N) is 2. The van der Waals surface area contributed by atoms with Gasteiger partial charge in [-0.1, -0.05) is 19.1 Å². The van der Waals surface area contributed by atoms with E-state index >= 15 is 0 Å². The van der Waals surface area contributed by atoms with Crippen molar-refractivity contribution in [3.63, 3.8) is 0 Å². The Morgan fingerprint density at radius 3 is 2.45 bits per heavy atom. The molecule has 0 radical (unpaired) electrons. The zero-order valence-corrected chi connectivity index (χ0v) is 22.6. The summed E-state index contributed by atoms with van der Waals surface area (Å²) >= 11 is 0. The summed E-state index contributed by atoms with van der Waals surface area (Å²) in [5.74, 6) is -0.503. The third kappa shape index (κ3) is 6.85. The van der Waals surface area contributed by atoms with Crippen LogP contribution in [0.1, 0.15) is 49.1 Å². The summed E-state index contributed by atoms with van der Waals surface area (Å²) in [5, 5.41) is 3.37. The molecule has 0 bridgehead atoms. The van der Waals surface area contributed by atoms with E-state index in [0.29, 0.717) is 11.1 Å². The minimum Gasteiger partial charge on any atom is -0.467 e. The molecule has 202 valence electrons. The van der Waals surface area contributed by atoms with Crippen LogP contribution in [-0.4, -0.2) is 71.1 Å². The van der Waals surface area contributed by atoms with Crippen LogP contribution in [0.25, 0.3) is 11.6 Å². The molecule has 38 heavy (non-hydrogen) atoms. The van der Waals surface area contributed by atoms with Crippen LogP contribution in [0.3, 0.4) is 0 Å². The number of likely N-dealkylation sites (N-methyl/N-ethyl adjacent to an activating group) is 1. The highest BCUT2D eigenvalue weighted by atomic mass is 19.1. The highest BCUT2D eigenvalue weighted by Crippen LogP contribution is 2.26. The van der Waals surface area contributed by atoms with Crippen LogP contribution in [0.2, 0.25) is 0 Å². The summed E-state index contributed by atoms with van der Waals surface area (Å²) in [6, 6.07) is 8.08. The first kappa shape index (κ1) is 27.5. The lowest BCUT2D eigenvalue weighted by molar-refractivity contribution is 0.138. The number of hydrogen-bond donors (Lipinski definition) is 2. The maximum atomic E-state index is 15.0. The number of rotatable bonds is 10. The van der Waals surface area contributed by atoms with Crippen molar-refractivity contribution >= 4 is 17.3 Å². The van der Waals surface area contributed by atoms with E-state index in [4.69, 9.17) is 4.74 Å². The molecule has 1 saturated heterocycles. The van der Waals surface area contributed by atoms with Gasteiger partial charge in [0, 0.05) is 73.7 Å². The Labute approximate surface area is 223 Å². The smallest absolute Gasteiger partial charge is 0.316 e. The summed E-state index contributed by atoms with van der Waals surface area (Å²) in [5.41, 5.74) is 3.81. The number of pyridine rings is 1. The van der Waals surface area contributed by atoms with Crippen molar-refractivity contribution in [2.75, 3.05) is 51.7 Å². The number of aromatic nitrogens is 3. The molecule has 2 N–H and O–H groups in total. The maximum absolute atomic E-state index is 15.0. The summed E-state index contributed by atoms with van der Waals surface area (Å²) < 4.78 is 20.0. The van der Waals surface area contributed by atoms with E-state index < -0.39 is 11.9 Å². The van der Waals surface area contributed by atoms with Gasteiger partial charge in [0.05, 0.1) is 13.2 Å². The fraction of sp³-hybridized carbons (Fsp3) is 0.414. The minimum absolute atomic E-state index is 0.238. The van der Waals surface area contributed by atoms with Crippen molar-refractivity contribution in [1.82, 2.24) is 24.8 Å². The van der Waals surface area contributed by atoms with Crippen LogP contribution in [0.4, 0.5) is 10.1 Å². The highest BCUT2D eigenvalue weighted by Gasteiger charge is 2.19. The van der Waals surface area contributed by atoms with Gasteiger partial charge in [-0.25, -0.2) is 14.4 Å². The number of H-pyrrole nitrogens is 1. The van der Waals surface area contributed by atoms with Crippen LogP contribution < -0.4 is 15.6 Å². The standard InChI is InChI=1S/C29H37FN6O2/c1-5-35-12-14-36(15-13-35)11-10-22-6-8-24(9-7-22)34-21(3)27-25(26(30)19-31-28(27)37)16-20(2)23-17-32-29(38-4)33-18-23/h6-9,16-19,21,34H,5,10-15H2,1-4H3,(H,31,37)/b20-16+. The maximum Gasteiger partial charge on any atom is 0.316 e. The van der Waals surface area contributed by atoms with Gasteiger partial charge >= 0.3 is 6.01 Å². The van der Waals surface area contributed by atoms with Gasteiger partial charge in [0.15, 0.2) is 0 Å². The number of allylic oxidation sites excluding steroid dienone is 1. The zero-order chi connectivity index (χ0) is 27.1.